The van der Waals surface area contributed by atoms with Crippen LogP contribution in [0, 0.1) is 0 Å². The van der Waals surface area contributed by atoms with Crippen molar-refractivity contribution in [2.75, 3.05) is 19.8 Å². The van der Waals surface area contributed by atoms with Crippen LogP contribution in [-0.2, 0) is 14.2 Å². The summed E-state index contributed by atoms with van der Waals surface area (Å²) >= 11 is 0. The summed E-state index contributed by atoms with van der Waals surface area (Å²) in [6, 6.07) is 0. The Morgan fingerprint density at radius 3 is 1.36 bits per heavy atom. The molecule has 4 nitrogen and oxygen atoms in total. The van der Waals surface area contributed by atoms with Gasteiger partial charge in [-0.1, -0.05) is 0 Å². The van der Waals surface area contributed by atoms with Crippen molar-refractivity contribution in [2.45, 2.75) is 43.2 Å². The molecule has 0 spiro atoms. The fourth-order valence-electron chi connectivity index (χ4n) is 2.08. The highest BCUT2D eigenvalue weighted by molar-refractivity contribution is 4.94. The first-order valence-electron chi connectivity index (χ1n) is 5.31. The minimum absolute atomic E-state index is 0.275. The fourth-order valence-corrected chi connectivity index (χ4v) is 2.08. The van der Waals surface area contributed by atoms with Crippen molar-refractivity contribution in [3.63, 3.8) is 0 Å². The van der Waals surface area contributed by atoms with Gasteiger partial charge in [0.15, 0.2) is 0 Å². The number of hydrogen-bond acceptors (Lipinski definition) is 4. The van der Waals surface area contributed by atoms with Gasteiger partial charge in [0.05, 0.1) is 43.7 Å². The number of epoxide rings is 3. The molecule has 80 valence electrons. The van der Waals surface area contributed by atoms with E-state index in [1.807, 2.05) is 0 Å². The monoisotopic (exact) mass is 200 g/mol. The van der Waals surface area contributed by atoms with Gasteiger partial charge in [-0.2, -0.15) is 0 Å². The third-order valence-corrected chi connectivity index (χ3v) is 3.03. The summed E-state index contributed by atoms with van der Waals surface area (Å²) in [6.45, 7) is 2.41. The van der Waals surface area contributed by atoms with E-state index in [0.29, 0.717) is 0 Å². The molecule has 3 fully saturated rings. The topological polar surface area (TPSA) is 57.8 Å². The molecule has 0 amide bonds. The number of ether oxygens (including phenoxy) is 3. The Morgan fingerprint density at radius 1 is 0.857 bits per heavy atom. The van der Waals surface area contributed by atoms with Crippen molar-refractivity contribution >= 4 is 0 Å². The lowest BCUT2D eigenvalue weighted by Crippen LogP contribution is -2.34. The molecule has 3 saturated heterocycles. The van der Waals surface area contributed by atoms with Gasteiger partial charge in [-0.05, 0) is 0 Å². The average Bonchev–Trinajstić information content (AvgIpc) is 2.90. The minimum Gasteiger partial charge on any atom is -0.390 e. The third-order valence-electron chi connectivity index (χ3n) is 3.03. The van der Waals surface area contributed by atoms with Crippen LogP contribution in [0.3, 0.4) is 0 Å². The molecule has 0 aromatic carbocycles. The molecule has 3 unspecified atom stereocenters. The molecule has 0 saturated carbocycles. The zero-order valence-electron chi connectivity index (χ0n) is 8.15. The molecule has 3 aliphatic heterocycles. The van der Waals surface area contributed by atoms with Gasteiger partial charge in [-0.3, -0.25) is 0 Å². The van der Waals surface area contributed by atoms with Crippen LogP contribution in [0.5, 0.6) is 0 Å². The Bertz CT molecular complexity index is 182. The molecule has 0 aromatic heterocycles. The second kappa shape index (κ2) is 3.17. The van der Waals surface area contributed by atoms with Gasteiger partial charge in [0.25, 0.3) is 0 Å². The highest BCUT2D eigenvalue weighted by Crippen LogP contribution is 2.36. The van der Waals surface area contributed by atoms with E-state index in [2.05, 4.69) is 0 Å². The number of aliphatic hydroxyl groups is 1. The summed E-state index contributed by atoms with van der Waals surface area (Å²) in [5.41, 5.74) is -0.622. The molecule has 0 radical (unpaired) electrons. The van der Waals surface area contributed by atoms with Crippen molar-refractivity contribution in [1.29, 1.82) is 0 Å². The Morgan fingerprint density at radius 2 is 1.14 bits per heavy atom. The summed E-state index contributed by atoms with van der Waals surface area (Å²) in [4.78, 5) is 0. The van der Waals surface area contributed by atoms with Crippen molar-refractivity contribution in [3.05, 3.63) is 0 Å². The van der Waals surface area contributed by atoms with Gasteiger partial charge in [-0.15, -0.1) is 0 Å². The first-order chi connectivity index (χ1) is 6.73. The molecular weight excluding hydrogens is 184 g/mol. The Hall–Kier alpha value is -0.160. The quantitative estimate of drug-likeness (QED) is 0.617. The summed E-state index contributed by atoms with van der Waals surface area (Å²) < 4.78 is 15.5. The molecule has 4 heteroatoms. The summed E-state index contributed by atoms with van der Waals surface area (Å²) in [5.74, 6) is 0. The molecule has 3 heterocycles. The van der Waals surface area contributed by atoms with Crippen LogP contribution < -0.4 is 0 Å². The summed E-state index contributed by atoms with van der Waals surface area (Å²) in [7, 11) is 0. The predicted molar refractivity (Wildman–Crippen MR) is 48.0 cm³/mol. The van der Waals surface area contributed by atoms with Crippen LogP contribution in [0.2, 0.25) is 0 Å². The Labute approximate surface area is 83.1 Å². The average molecular weight is 200 g/mol. The largest absolute Gasteiger partial charge is 0.390 e. The molecule has 0 aromatic rings. The van der Waals surface area contributed by atoms with Crippen molar-refractivity contribution in [2.24, 2.45) is 0 Å². The maximum atomic E-state index is 10.4. The van der Waals surface area contributed by atoms with Gasteiger partial charge in [0.1, 0.15) is 0 Å². The molecule has 3 aliphatic rings. The summed E-state index contributed by atoms with van der Waals surface area (Å²) in [6.07, 6.45) is 3.05. The van der Waals surface area contributed by atoms with Crippen LogP contribution in [0.15, 0.2) is 0 Å². The van der Waals surface area contributed by atoms with Crippen LogP contribution in [0.25, 0.3) is 0 Å². The highest BCUT2D eigenvalue weighted by atomic mass is 16.6. The maximum absolute atomic E-state index is 10.4. The van der Waals surface area contributed by atoms with Gasteiger partial charge < -0.3 is 19.3 Å². The first-order valence-corrected chi connectivity index (χ1v) is 5.31. The van der Waals surface area contributed by atoms with Gasteiger partial charge >= 0.3 is 0 Å². The minimum atomic E-state index is -0.622. The van der Waals surface area contributed by atoms with E-state index in [1.165, 1.54) is 0 Å². The predicted octanol–water partition coefficient (Wildman–Crippen LogP) is 0.0842. The third kappa shape index (κ3) is 2.45. The molecule has 3 rings (SSSR count). The maximum Gasteiger partial charge on any atom is 0.0837 e. The van der Waals surface area contributed by atoms with Crippen molar-refractivity contribution in [3.8, 4) is 0 Å². The highest BCUT2D eigenvalue weighted by Gasteiger charge is 2.44. The molecule has 1 N–H and O–H groups in total. The van der Waals surface area contributed by atoms with Crippen LogP contribution in [0.4, 0.5) is 0 Å². The lowest BCUT2D eigenvalue weighted by atomic mass is 9.88. The zero-order valence-corrected chi connectivity index (χ0v) is 8.15. The van der Waals surface area contributed by atoms with Crippen LogP contribution in [0.1, 0.15) is 19.3 Å². The smallest absolute Gasteiger partial charge is 0.0837 e. The van der Waals surface area contributed by atoms with Crippen LogP contribution >= 0.6 is 0 Å². The number of hydrogen-bond donors (Lipinski definition) is 1. The van der Waals surface area contributed by atoms with E-state index in [1.54, 1.807) is 0 Å². The van der Waals surface area contributed by atoms with E-state index in [9.17, 15) is 5.11 Å². The van der Waals surface area contributed by atoms with E-state index >= 15 is 0 Å². The second-order valence-electron chi connectivity index (χ2n) is 4.70. The molecule has 14 heavy (non-hydrogen) atoms. The van der Waals surface area contributed by atoms with E-state index in [0.717, 1.165) is 39.1 Å². The van der Waals surface area contributed by atoms with Crippen molar-refractivity contribution in [1.82, 2.24) is 0 Å². The zero-order chi connectivity index (χ0) is 9.60. The standard InChI is InChI=1S/C10H16O4/c11-10(1-7-4-12-7,2-8-5-13-8)3-9-6-14-9/h7-9,11H,1-6H2. The van der Waals surface area contributed by atoms with Gasteiger partial charge in [0.2, 0.25) is 0 Å². The van der Waals surface area contributed by atoms with Gasteiger partial charge in [0, 0.05) is 19.3 Å². The lowest BCUT2D eigenvalue weighted by molar-refractivity contribution is -0.00436. The molecule has 0 aliphatic carbocycles. The first kappa shape index (κ1) is 9.09. The normalized spacial score (nSPS) is 43.1. The lowest BCUT2D eigenvalue weighted by Gasteiger charge is -2.26. The van der Waals surface area contributed by atoms with E-state index in [4.69, 9.17) is 14.2 Å². The van der Waals surface area contributed by atoms with E-state index in [-0.39, 0.29) is 18.3 Å². The number of rotatable bonds is 6. The van der Waals surface area contributed by atoms with Crippen LogP contribution in [-0.4, -0.2) is 48.8 Å². The van der Waals surface area contributed by atoms with Crippen molar-refractivity contribution < 1.29 is 19.3 Å². The Balaban J connectivity index is 1.56. The SMILES string of the molecule is OC(CC1CO1)(CC1CO1)CC1CO1. The van der Waals surface area contributed by atoms with Gasteiger partial charge in [-0.25, -0.2) is 0 Å². The summed E-state index contributed by atoms with van der Waals surface area (Å²) in [5, 5.41) is 10.4. The Kier molecular flexibility index (Phi) is 2.06. The molecular formula is C10H16O4. The molecule has 0 bridgehead atoms. The van der Waals surface area contributed by atoms with E-state index < -0.39 is 5.60 Å². The fraction of sp³-hybridized carbons (Fsp3) is 1.00. The second-order valence-corrected chi connectivity index (χ2v) is 4.70. The molecule has 3 atom stereocenters.